The van der Waals surface area contributed by atoms with Gasteiger partial charge in [-0.2, -0.15) is 0 Å². The topological polar surface area (TPSA) is 68.6 Å². The van der Waals surface area contributed by atoms with Crippen molar-refractivity contribution in [1.82, 2.24) is 9.47 Å². The normalized spacial score (nSPS) is 15.3. The molecule has 1 aromatic heterocycles. The van der Waals surface area contributed by atoms with Gasteiger partial charge in [0, 0.05) is 29.9 Å². The van der Waals surface area contributed by atoms with E-state index in [-0.39, 0.29) is 24.3 Å². The molecule has 32 heavy (non-hydrogen) atoms. The van der Waals surface area contributed by atoms with Crippen LogP contribution in [-0.2, 0) is 11.8 Å². The van der Waals surface area contributed by atoms with Gasteiger partial charge in [-0.25, -0.2) is 4.79 Å². The van der Waals surface area contributed by atoms with E-state index in [1.807, 2.05) is 32.0 Å². The maximum absolute atomic E-state index is 13.8. The van der Waals surface area contributed by atoms with Crippen molar-refractivity contribution in [2.24, 2.45) is 7.05 Å². The summed E-state index contributed by atoms with van der Waals surface area (Å²) < 4.78 is 6.92. The molecule has 3 rings (SSSR count). The molecule has 1 fully saturated rings. The van der Waals surface area contributed by atoms with Crippen LogP contribution in [0, 0.1) is 13.8 Å². The van der Waals surface area contributed by atoms with E-state index in [1.165, 1.54) is 0 Å². The number of rotatable bonds is 7. The zero-order chi connectivity index (χ0) is 23.4. The second-order valence-electron chi connectivity index (χ2n) is 8.62. The summed E-state index contributed by atoms with van der Waals surface area (Å²) in [5, 5.41) is 0. The minimum atomic E-state index is -0.638. The Balaban J connectivity index is 2.00. The van der Waals surface area contributed by atoms with Crippen molar-refractivity contribution < 1.29 is 19.1 Å². The second-order valence-corrected chi connectivity index (χ2v) is 8.62. The molecule has 0 aliphatic heterocycles. The molecule has 2 aromatic rings. The fourth-order valence-corrected chi connectivity index (χ4v) is 4.91. The molecule has 6 heteroatoms. The molecular weight excluding hydrogens is 404 g/mol. The van der Waals surface area contributed by atoms with Gasteiger partial charge in [0.15, 0.2) is 5.78 Å². The molecular formula is C26H34N2O4. The van der Waals surface area contributed by atoms with Gasteiger partial charge in [0.2, 0.25) is 0 Å². The van der Waals surface area contributed by atoms with Gasteiger partial charge in [0.25, 0.3) is 5.91 Å². The number of amides is 1. The Labute approximate surface area is 190 Å². The minimum absolute atomic E-state index is 0.0317. The summed E-state index contributed by atoms with van der Waals surface area (Å²) >= 11 is 0. The molecule has 1 unspecified atom stereocenters. The SMILES string of the molecule is CCOC(=O)c1c(C)c(C(=O)C(C)N(C(=O)c2ccccc2)C2CCCCC2)c(C)n1C. The third-order valence-corrected chi connectivity index (χ3v) is 6.67. The molecule has 0 spiro atoms. The van der Waals surface area contributed by atoms with Gasteiger partial charge in [0.1, 0.15) is 5.69 Å². The van der Waals surface area contributed by atoms with Crippen molar-refractivity contribution >= 4 is 17.7 Å². The number of benzene rings is 1. The first-order chi connectivity index (χ1) is 15.3. The Morgan fingerprint density at radius 1 is 1.09 bits per heavy atom. The first-order valence-corrected chi connectivity index (χ1v) is 11.5. The largest absolute Gasteiger partial charge is 0.461 e. The highest BCUT2D eigenvalue weighted by molar-refractivity contribution is 6.07. The molecule has 6 nitrogen and oxygen atoms in total. The van der Waals surface area contributed by atoms with Gasteiger partial charge in [-0.3, -0.25) is 9.59 Å². The lowest BCUT2D eigenvalue weighted by molar-refractivity contribution is 0.0485. The highest BCUT2D eigenvalue weighted by Crippen LogP contribution is 2.29. The number of esters is 1. The molecule has 0 N–H and O–H groups in total. The van der Waals surface area contributed by atoms with Crippen molar-refractivity contribution in [1.29, 1.82) is 0 Å². The van der Waals surface area contributed by atoms with Crippen molar-refractivity contribution in [3.8, 4) is 0 Å². The molecule has 172 valence electrons. The van der Waals surface area contributed by atoms with E-state index >= 15 is 0 Å². The van der Waals surface area contributed by atoms with Crippen LogP contribution in [-0.4, -0.2) is 45.8 Å². The number of nitrogens with zero attached hydrogens (tertiary/aromatic N) is 2. The van der Waals surface area contributed by atoms with Gasteiger partial charge in [-0.15, -0.1) is 0 Å². The van der Waals surface area contributed by atoms with Crippen LogP contribution >= 0.6 is 0 Å². The van der Waals surface area contributed by atoms with Crippen LogP contribution < -0.4 is 0 Å². The van der Waals surface area contributed by atoms with Gasteiger partial charge in [0.05, 0.1) is 12.6 Å². The maximum atomic E-state index is 13.8. The number of aromatic nitrogens is 1. The smallest absolute Gasteiger partial charge is 0.355 e. The standard InChI is InChI=1S/C26H34N2O4/c1-6-32-26(31)23-17(2)22(18(3)27(23)5)24(29)19(4)28(21-15-11-8-12-16-21)25(30)20-13-9-7-10-14-20/h7,9-10,13-14,19,21H,6,8,11-12,15-16H2,1-5H3. The number of hydrogen-bond donors (Lipinski definition) is 0. The summed E-state index contributed by atoms with van der Waals surface area (Å²) in [7, 11) is 1.77. The lowest BCUT2D eigenvalue weighted by Crippen LogP contribution is -2.50. The number of ketones is 1. The minimum Gasteiger partial charge on any atom is -0.461 e. The quantitative estimate of drug-likeness (QED) is 0.457. The monoisotopic (exact) mass is 438 g/mol. The van der Waals surface area contributed by atoms with Crippen LogP contribution in [0.1, 0.15) is 88.4 Å². The molecule has 0 saturated heterocycles. The highest BCUT2D eigenvalue weighted by Gasteiger charge is 2.36. The molecule has 0 bridgehead atoms. The van der Waals surface area contributed by atoms with Crippen molar-refractivity contribution in [3.63, 3.8) is 0 Å². The zero-order valence-corrected chi connectivity index (χ0v) is 19.8. The third-order valence-electron chi connectivity index (χ3n) is 6.67. The van der Waals surface area contributed by atoms with E-state index in [0.717, 1.165) is 32.1 Å². The lowest BCUT2D eigenvalue weighted by Gasteiger charge is -2.38. The predicted octanol–water partition coefficient (Wildman–Crippen LogP) is 4.86. The first kappa shape index (κ1) is 23.8. The van der Waals surface area contributed by atoms with Crippen LogP contribution in [0.4, 0.5) is 0 Å². The fourth-order valence-electron chi connectivity index (χ4n) is 4.91. The van der Waals surface area contributed by atoms with Crippen LogP contribution in [0.15, 0.2) is 30.3 Å². The molecule has 1 aliphatic carbocycles. The molecule has 1 atom stereocenters. The number of carbonyl (C=O) groups is 3. The average Bonchev–Trinajstić information content (AvgIpc) is 3.02. The zero-order valence-electron chi connectivity index (χ0n) is 19.8. The Morgan fingerprint density at radius 3 is 2.31 bits per heavy atom. The summed E-state index contributed by atoms with van der Waals surface area (Å²) in [5.41, 5.74) is 2.80. The van der Waals surface area contributed by atoms with Crippen LogP contribution in [0.25, 0.3) is 0 Å². The number of Topliss-reactive ketones (excluding diaryl/α,β-unsaturated/α-hetero) is 1. The summed E-state index contributed by atoms with van der Waals surface area (Å²) in [5.74, 6) is -0.692. The molecule has 1 heterocycles. The molecule has 1 aliphatic rings. The maximum Gasteiger partial charge on any atom is 0.355 e. The number of hydrogen-bond acceptors (Lipinski definition) is 4. The second kappa shape index (κ2) is 10.2. The molecule has 0 radical (unpaired) electrons. The Hall–Kier alpha value is -2.89. The lowest BCUT2D eigenvalue weighted by atomic mass is 9.90. The van der Waals surface area contributed by atoms with Crippen molar-refractivity contribution in [2.75, 3.05) is 6.61 Å². The fraction of sp³-hybridized carbons (Fsp3) is 0.500. The third kappa shape index (κ3) is 4.50. The average molecular weight is 439 g/mol. The number of ether oxygens (including phenoxy) is 1. The van der Waals surface area contributed by atoms with E-state index in [9.17, 15) is 14.4 Å². The molecule has 1 aromatic carbocycles. The van der Waals surface area contributed by atoms with Gasteiger partial charge in [-0.05, 0) is 58.2 Å². The van der Waals surface area contributed by atoms with E-state index in [2.05, 4.69) is 0 Å². The Bertz CT molecular complexity index is 987. The summed E-state index contributed by atoms with van der Waals surface area (Å²) in [6.07, 6.45) is 5.07. The van der Waals surface area contributed by atoms with Crippen molar-refractivity contribution in [3.05, 3.63) is 58.4 Å². The van der Waals surface area contributed by atoms with E-state index < -0.39 is 12.0 Å². The summed E-state index contributed by atoms with van der Waals surface area (Å²) in [4.78, 5) is 41.6. The van der Waals surface area contributed by atoms with Crippen LogP contribution in [0.3, 0.4) is 0 Å². The summed E-state index contributed by atoms with van der Waals surface area (Å²) in [6, 6.07) is 8.56. The van der Waals surface area contributed by atoms with Crippen LogP contribution in [0.5, 0.6) is 0 Å². The highest BCUT2D eigenvalue weighted by atomic mass is 16.5. The van der Waals surface area contributed by atoms with Gasteiger partial charge < -0.3 is 14.2 Å². The van der Waals surface area contributed by atoms with Gasteiger partial charge >= 0.3 is 5.97 Å². The summed E-state index contributed by atoms with van der Waals surface area (Å²) in [6.45, 7) is 7.45. The Kier molecular flexibility index (Phi) is 7.54. The predicted molar refractivity (Wildman–Crippen MR) is 124 cm³/mol. The van der Waals surface area contributed by atoms with Gasteiger partial charge in [-0.1, -0.05) is 37.5 Å². The van der Waals surface area contributed by atoms with Crippen molar-refractivity contribution in [2.45, 2.75) is 71.9 Å². The van der Waals surface area contributed by atoms with E-state index in [4.69, 9.17) is 4.74 Å². The molecule has 1 saturated carbocycles. The first-order valence-electron chi connectivity index (χ1n) is 11.5. The Morgan fingerprint density at radius 2 is 1.72 bits per heavy atom. The van der Waals surface area contributed by atoms with E-state index in [0.29, 0.717) is 28.1 Å². The van der Waals surface area contributed by atoms with Crippen LogP contribution in [0.2, 0.25) is 0 Å². The molecule has 1 amide bonds. The van der Waals surface area contributed by atoms with E-state index in [1.54, 1.807) is 42.5 Å². The number of carbonyl (C=O) groups excluding carboxylic acids is 3.